The topological polar surface area (TPSA) is 29.5 Å². The molecule has 0 aliphatic carbocycles. The molecule has 1 amide bonds. The van der Waals surface area contributed by atoms with E-state index in [0.29, 0.717) is 13.1 Å². The van der Waals surface area contributed by atoms with Crippen LogP contribution in [0.5, 0.6) is 0 Å². The Labute approximate surface area is 128 Å². The molecule has 1 aromatic heterocycles. The first-order valence-corrected chi connectivity index (χ1v) is 8.37. The van der Waals surface area contributed by atoms with Crippen molar-refractivity contribution in [3.8, 4) is 0 Å². The molecule has 0 saturated carbocycles. The number of hydrogen-bond donors (Lipinski definition) is 0. The Morgan fingerprint density at radius 3 is 2.89 bits per heavy atom. The van der Waals surface area contributed by atoms with Crippen LogP contribution in [0.4, 0.5) is 0 Å². The molecular formula is C12H15Br2NO2S. The van der Waals surface area contributed by atoms with Gasteiger partial charge in [0.2, 0.25) is 0 Å². The molecule has 2 heterocycles. The first-order chi connectivity index (χ1) is 8.61. The fraction of sp³-hybridized carbons (Fsp3) is 0.583. The molecule has 100 valence electrons. The lowest BCUT2D eigenvalue weighted by Crippen LogP contribution is -2.36. The van der Waals surface area contributed by atoms with E-state index in [1.54, 1.807) is 0 Å². The van der Waals surface area contributed by atoms with Crippen LogP contribution >= 0.6 is 43.2 Å². The fourth-order valence-corrected chi connectivity index (χ4v) is 4.00. The molecule has 1 fully saturated rings. The number of amides is 1. The minimum Gasteiger partial charge on any atom is -0.376 e. The van der Waals surface area contributed by atoms with E-state index in [1.807, 2.05) is 17.9 Å². The molecule has 0 bridgehead atoms. The average molecular weight is 397 g/mol. The summed E-state index contributed by atoms with van der Waals surface area (Å²) in [5.74, 6) is 0.0874. The number of hydrogen-bond acceptors (Lipinski definition) is 3. The van der Waals surface area contributed by atoms with Crippen molar-refractivity contribution in [2.45, 2.75) is 25.9 Å². The van der Waals surface area contributed by atoms with Gasteiger partial charge in [-0.3, -0.25) is 4.79 Å². The van der Waals surface area contributed by atoms with Crippen molar-refractivity contribution >= 4 is 49.1 Å². The molecule has 1 unspecified atom stereocenters. The predicted octanol–water partition coefficient (Wildman–Crippen LogP) is 3.91. The first kappa shape index (κ1) is 14.5. The van der Waals surface area contributed by atoms with Gasteiger partial charge >= 0.3 is 0 Å². The Kier molecular flexibility index (Phi) is 5.24. The number of thiophene rings is 1. The Hall–Kier alpha value is 0.0900. The van der Waals surface area contributed by atoms with Crippen LogP contribution < -0.4 is 0 Å². The van der Waals surface area contributed by atoms with Crippen LogP contribution in [0.15, 0.2) is 14.3 Å². The summed E-state index contributed by atoms with van der Waals surface area (Å²) >= 11 is 8.29. The maximum absolute atomic E-state index is 12.4. The molecule has 2 rings (SSSR count). The quantitative estimate of drug-likeness (QED) is 0.771. The summed E-state index contributed by atoms with van der Waals surface area (Å²) in [7, 11) is 0. The molecule has 0 spiro atoms. The molecule has 3 nitrogen and oxygen atoms in total. The van der Waals surface area contributed by atoms with Crippen LogP contribution in [0.2, 0.25) is 0 Å². The molecule has 0 aromatic carbocycles. The van der Waals surface area contributed by atoms with Gasteiger partial charge in [0, 0.05) is 24.2 Å². The summed E-state index contributed by atoms with van der Waals surface area (Å²) in [5, 5.41) is 0. The van der Waals surface area contributed by atoms with Gasteiger partial charge in [-0.05, 0) is 57.7 Å². The number of carbonyl (C=O) groups excluding carboxylic acids is 1. The van der Waals surface area contributed by atoms with Crippen LogP contribution in [0.25, 0.3) is 0 Å². The van der Waals surface area contributed by atoms with Crippen LogP contribution in [-0.4, -0.2) is 36.6 Å². The summed E-state index contributed by atoms with van der Waals surface area (Å²) in [4.78, 5) is 15.0. The molecule has 6 heteroatoms. The van der Waals surface area contributed by atoms with Gasteiger partial charge in [0.25, 0.3) is 5.91 Å². The highest BCUT2D eigenvalue weighted by molar-refractivity contribution is 9.13. The van der Waals surface area contributed by atoms with E-state index in [4.69, 9.17) is 4.74 Å². The van der Waals surface area contributed by atoms with Crippen LogP contribution in [0.3, 0.4) is 0 Å². The Balaban J connectivity index is 2.04. The highest BCUT2D eigenvalue weighted by atomic mass is 79.9. The van der Waals surface area contributed by atoms with E-state index in [9.17, 15) is 4.79 Å². The molecule has 1 aromatic rings. The maximum Gasteiger partial charge on any atom is 0.264 e. The lowest BCUT2D eigenvalue weighted by atomic mass is 10.2. The molecule has 1 aliphatic rings. The predicted molar refractivity (Wildman–Crippen MR) is 80.3 cm³/mol. The van der Waals surface area contributed by atoms with Crippen molar-refractivity contribution in [1.29, 1.82) is 0 Å². The minimum atomic E-state index is 0.0874. The third kappa shape index (κ3) is 3.35. The second-order valence-electron chi connectivity index (χ2n) is 4.21. The van der Waals surface area contributed by atoms with E-state index in [2.05, 4.69) is 31.9 Å². The molecule has 0 N–H and O–H groups in total. The van der Waals surface area contributed by atoms with Crippen LogP contribution in [0.1, 0.15) is 29.4 Å². The van der Waals surface area contributed by atoms with Gasteiger partial charge in [0.1, 0.15) is 0 Å². The maximum atomic E-state index is 12.4. The van der Waals surface area contributed by atoms with E-state index in [-0.39, 0.29) is 12.0 Å². The van der Waals surface area contributed by atoms with Gasteiger partial charge in [-0.2, -0.15) is 0 Å². The standard InChI is InChI=1S/C12H15Br2NO2S/c1-2-15(7-8-4-3-5-17-8)12(16)10-6-9(13)11(14)18-10/h6,8H,2-5,7H2,1H3. The van der Waals surface area contributed by atoms with Gasteiger partial charge in [-0.25, -0.2) is 0 Å². The summed E-state index contributed by atoms with van der Waals surface area (Å²) in [5.41, 5.74) is 0. The molecule has 0 radical (unpaired) electrons. The summed E-state index contributed by atoms with van der Waals surface area (Å²) < 4.78 is 7.48. The van der Waals surface area contributed by atoms with Crippen LogP contribution in [0, 0.1) is 0 Å². The number of ether oxygens (including phenoxy) is 1. The minimum absolute atomic E-state index is 0.0874. The van der Waals surface area contributed by atoms with E-state index < -0.39 is 0 Å². The van der Waals surface area contributed by atoms with Crippen molar-refractivity contribution in [2.24, 2.45) is 0 Å². The first-order valence-electron chi connectivity index (χ1n) is 5.97. The molecule has 1 saturated heterocycles. The zero-order valence-corrected chi connectivity index (χ0v) is 14.1. The Morgan fingerprint density at radius 1 is 1.61 bits per heavy atom. The van der Waals surface area contributed by atoms with Crippen molar-refractivity contribution in [2.75, 3.05) is 19.7 Å². The van der Waals surface area contributed by atoms with Crippen molar-refractivity contribution in [1.82, 2.24) is 4.90 Å². The van der Waals surface area contributed by atoms with Crippen LogP contribution in [-0.2, 0) is 4.74 Å². The van der Waals surface area contributed by atoms with Gasteiger partial charge in [-0.15, -0.1) is 11.3 Å². The van der Waals surface area contributed by atoms with Crippen molar-refractivity contribution in [3.05, 3.63) is 19.2 Å². The zero-order valence-electron chi connectivity index (χ0n) is 10.1. The molecule has 1 atom stereocenters. The van der Waals surface area contributed by atoms with Gasteiger partial charge in [0.15, 0.2) is 0 Å². The highest BCUT2D eigenvalue weighted by Gasteiger charge is 2.23. The Bertz CT molecular complexity index is 410. The molecular weight excluding hydrogens is 382 g/mol. The number of halogens is 2. The zero-order chi connectivity index (χ0) is 13.1. The van der Waals surface area contributed by atoms with Gasteiger partial charge < -0.3 is 9.64 Å². The smallest absolute Gasteiger partial charge is 0.264 e. The molecule has 1 aliphatic heterocycles. The number of nitrogens with zero attached hydrogens (tertiary/aromatic N) is 1. The second-order valence-corrected chi connectivity index (χ2v) is 7.44. The van der Waals surface area contributed by atoms with E-state index >= 15 is 0 Å². The van der Waals surface area contributed by atoms with E-state index in [1.165, 1.54) is 11.3 Å². The largest absolute Gasteiger partial charge is 0.376 e. The lowest BCUT2D eigenvalue weighted by Gasteiger charge is -2.23. The average Bonchev–Trinajstić information content (AvgIpc) is 2.96. The number of carbonyl (C=O) groups is 1. The highest BCUT2D eigenvalue weighted by Crippen LogP contribution is 2.33. The fourth-order valence-electron chi connectivity index (χ4n) is 2.00. The SMILES string of the molecule is CCN(CC1CCCO1)C(=O)c1cc(Br)c(Br)s1. The number of likely N-dealkylation sites (N-methyl/N-ethyl adjacent to an activating group) is 1. The number of rotatable bonds is 4. The summed E-state index contributed by atoms with van der Waals surface area (Å²) in [6.07, 6.45) is 2.37. The second kappa shape index (κ2) is 6.50. The van der Waals surface area contributed by atoms with Crippen molar-refractivity contribution < 1.29 is 9.53 Å². The summed E-state index contributed by atoms with van der Waals surface area (Å²) in [6.45, 7) is 4.24. The third-order valence-corrected chi connectivity index (χ3v) is 6.22. The third-order valence-electron chi connectivity index (χ3n) is 2.97. The van der Waals surface area contributed by atoms with E-state index in [0.717, 1.165) is 32.6 Å². The van der Waals surface area contributed by atoms with Crippen molar-refractivity contribution in [3.63, 3.8) is 0 Å². The summed E-state index contributed by atoms with van der Waals surface area (Å²) in [6, 6.07) is 1.87. The Morgan fingerprint density at radius 2 is 2.39 bits per heavy atom. The lowest BCUT2D eigenvalue weighted by molar-refractivity contribution is 0.0543. The van der Waals surface area contributed by atoms with Gasteiger partial charge in [0.05, 0.1) is 14.8 Å². The monoisotopic (exact) mass is 395 g/mol. The normalized spacial score (nSPS) is 19.2. The van der Waals surface area contributed by atoms with Gasteiger partial charge in [-0.1, -0.05) is 0 Å². The molecule has 18 heavy (non-hydrogen) atoms.